The molecule has 0 aliphatic rings. The van der Waals surface area contributed by atoms with Gasteiger partial charge in [-0.05, 0) is 49.2 Å². The van der Waals surface area contributed by atoms with Crippen LogP contribution in [0.1, 0.15) is 24.1 Å². The van der Waals surface area contributed by atoms with Crippen molar-refractivity contribution in [3.05, 3.63) is 59.4 Å². The number of benzene rings is 2. The number of nitrogens with two attached hydrogens (primary N) is 1. The van der Waals surface area contributed by atoms with Crippen LogP contribution in [0.15, 0.2) is 47.4 Å². The molecule has 0 bridgehead atoms. The van der Waals surface area contributed by atoms with Gasteiger partial charge in [0.2, 0.25) is 10.0 Å². The van der Waals surface area contributed by atoms with E-state index in [1.54, 1.807) is 31.2 Å². The molecule has 0 radical (unpaired) electrons. The van der Waals surface area contributed by atoms with Crippen molar-refractivity contribution in [1.29, 1.82) is 0 Å². The van der Waals surface area contributed by atoms with Gasteiger partial charge < -0.3 is 5.32 Å². The van der Waals surface area contributed by atoms with E-state index in [-0.39, 0.29) is 16.8 Å². The lowest BCUT2D eigenvalue weighted by Gasteiger charge is -2.16. The molecule has 1 atom stereocenters. The maximum Gasteiger partial charge on any atom is 0.238 e. The van der Waals surface area contributed by atoms with Crippen molar-refractivity contribution in [1.82, 2.24) is 0 Å². The standard InChI is InChI=1S/C15H17FN2O2S/c1-10-6-7-13(9-15(10)16)18-11(2)12-4-3-5-14(8-12)21(17,19)20/h3-9,11,18H,1-2H3,(H2,17,19,20). The maximum absolute atomic E-state index is 13.5. The molecule has 0 spiro atoms. The predicted octanol–water partition coefficient (Wildman–Crippen LogP) is 2.95. The van der Waals surface area contributed by atoms with Gasteiger partial charge in [-0.3, -0.25) is 0 Å². The van der Waals surface area contributed by atoms with Crippen molar-refractivity contribution in [3.63, 3.8) is 0 Å². The van der Waals surface area contributed by atoms with Crippen molar-refractivity contribution >= 4 is 15.7 Å². The highest BCUT2D eigenvalue weighted by Crippen LogP contribution is 2.22. The van der Waals surface area contributed by atoms with Crippen LogP contribution in [0.4, 0.5) is 10.1 Å². The molecule has 0 aliphatic carbocycles. The Labute approximate surface area is 123 Å². The highest BCUT2D eigenvalue weighted by Gasteiger charge is 2.12. The van der Waals surface area contributed by atoms with Crippen molar-refractivity contribution < 1.29 is 12.8 Å². The van der Waals surface area contributed by atoms with E-state index in [9.17, 15) is 12.8 Å². The fourth-order valence-electron chi connectivity index (χ4n) is 1.98. The summed E-state index contributed by atoms with van der Waals surface area (Å²) in [6.07, 6.45) is 0. The average molecular weight is 308 g/mol. The summed E-state index contributed by atoms with van der Waals surface area (Å²) in [6.45, 7) is 3.55. The van der Waals surface area contributed by atoms with Crippen molar-refractivity contribution in [2.45, 2.75) is 24.8 Å². The van der Waals surface area contributed by atoms with E-state index >= 15 is 0 Å². The number of primary sulfonamides is 1. The Bertz CT molecular complexity index is 760. The number of rotatable bonds is 4. The summed E-state index contributed by atoms with van der Waals surface area (Å²) in [6, 6.07) is 11.1. The molecule has 0 amide bonds. The zero-order valence-electron chi connectivity index (χ0n) is 11.8. The molecule has 2 rings (SSSR count). The quantitative estimate of drug-likeness (QED) is 0.912. The number of halogens is 1. The predicted molar refractivity (Wildman–Crippen MR) is 81.0 cm³/mol. The first-order valence-electron chi connectivity index (χ1n) is 6.43. The molecule has 0 saturated heterocycles. The van der Waals surface area contributed by atoms with Crippen LogP contribution < -0.4 is 10.5 Å². The first kappa shape index (κ1) is 15.5. The van der Waals surface area contributed by atoms with E-state index < -0.39 is 10.0 Å². The second kappa shape index (κ2) is 5.83. The van der Waals surface area contributed by atoms with Crippen LogP contribution in [0, 0.1) is 12.7 Å². The third-order valence-corrected chi connectivity index (χ3v) is 4.15. The summed E-state index contributed by atoms with van der Waals surface area (Å²) < 4.78 is 36.2. The Morgan fingerprint density at radius 3 is 2.52 bits per heavy atom. The van der Waals surface area contributed by atoms with E-state index in [2.05, 4.69) is 5.32 Å². The van der Waals surface area contributed by atoms with E-state index in [0.29, 0.717) is 11.3 Å². The summed E-state index contributed by atoms with van der Waals surface area (Å²) in [5, 5.41) is 8.25. The summed E-state index contributed by atoms with van der Waals surface area (Å²) >= 11 is 0. The molecule has 0 heterocycles. The van der Waals surface area contributed by atoms with Crippen LogP contribution in [0.2, 0.25) is 0 Å². The van der Waals surface area contributed by atoms with E-state index in [0.717, 1.165) is 5.56 Å². The summed E-state index contributed by atoms with van der Waals surface area (Å²) in [5.41, 5.74) is 1.96. The summed E-state index contributed by atoms with van der Waals surface area (Å²) in [7, 11) is -3.73. The highest BCUT2D eigenvalue weighted by molar-refractivity contribution is 7.89. The highest BCUT2D eigenvalue weighted by atomic mass is 32.2. The maximum atomic E-state index is 13.5. The molecule has 2 aromatic carbocycles. The molecule has 4 nitrogen and oxygen atoms in total. The number of sulfonamides is 1. The summed E-state index contributed by atoms with van der Waals surface area (Å²) in [4.78, 5) is 0.0590. The van der Waals surface area contributed by atoms with Gasteiger partial charge in [0, 0.05) is 11.7 Å². The fourth-order valence-corrected chi connectivity index (χ4v) is 2.55. The molecular weight excluding hydrogens is 291 g/mol. The Morgan fingerprint density at radius 2 is 1.90 bits per heavy atom. The third-order valence-electron chi connectivity index (χ3n) is 3.24. The molecule has 0 aromatic heterocycles. The number of nitrogens with one attached hydrogen (secondary N) is 1. The van der Waals surface area contributed by atoms with E-state index in [4.69, 9.17) is 5.14 Å². The average Bonchev–Trinajstić information content (AvgIpc) is 2.42. The van der Waals surface area contributed by atoms with Gasteiger partial charge in [0.25, 0.3) is 0 Å². The number of hydrogen-bond acceptors (Lipinski definition) is 3. The normalized spacial score (nSPS) is 13.0. The van der Waals surface area contributed by atoms with Crippen LogP contribution in [0.25, 0.3) is 0 Å². The Kier molecular flexibility index (Phi) is 4.29. The zero-order chi connectivity index (χ0) is 15.6. The van der Waals surface area contributed by atoms with Crippen molar-refractivity contribution in [2.75, 3.05) is 5.32 Å². The second-order valence-corrected chi connectivity index (χ2v) is 6.51. The minimum atomic E-state index is -3.73. The van der Waals surface area contributed by atoms with Gasteiger partial charge in [-0.15, -0.1) is 0 Å². The van der Waals surface area contributed by atoms with Gasteiger partial charge in [-0.1, -0.05) is 18.2 Å². The van der Waals surface area contributed by atoms with Crippen LogP contribution in [0.3, 0.4) is 0 Å². The largest absolute Gasteiger partial charge is 0.378 e. The smallest absolute Gasteiger partial charge is 0.238 e. The van der Waals surface area contributed by atoms with Gasteiger partial charge >= 0.3 is 0 Å². The van der Waals surface area contributed by atoms with Crippen LogP contribution in [0.5, 0.6) is 0 Å². The topological polar surface area (TPSA) is 72.2 Å². The minimum absolute atomic E-state index is 0.0590. The number of hydrogen-bond donors (Lipinski definition) is 2. The first-order chi connectivity index (χ1) is 9.77. The van der Waals surface area contributed by atoms with Gasteiger partial charge in [0.15, 0.2) is 0 Å². The molecule has 112 valence electrons. The Hall–Kier alpha value is -1.92. The van der Waals surface area contributed by atoms with Gasteiger partial charge in [-0.25, -0.2) is 17.9 Å². The fraction of sp³-hybridized carbons (Fsp3) is 0.200. The number of aryl methyl sites for hydroxylation is 1. The SMILES string of the molecule is Cc1ccc(NC(C)c2cccc(S(N)(=O)=O)c2)cc1F. The molecule has 1 unspecified atom stereocenters. The van der Waals surface area contributed by atoms with Crippen LogP contribution in [-0.2, 0) is 10.0 Å². The Balaban J connectivity index is 2.24. The van der Waals surface area contributed by atoms with E-state index in [1.165, 1.54) is 18.2 Å². The molecule has 0 aliphatic heterocycles. The van der Waals surface area contributed by atoms with Gasteiger partial charge in [0.1, 0.15) is 5.82 Å². The lowest BCUT2D eigenvalue weighted by Crippen LogP contribution is -2.13. The minimum Gasteiger partial charge on any atom is -0.378 e. The second-order valence-electron chi connectivity index (χ2n) is 4.95. The monoisotopic (exact) mass is 308 g/mol. The molecule has 2 aromatic rings. The van der Waals surface area contributed by atoms with Crippen LogP contribution in [-0.4, -0.2) is 8.42 Å². The van der Waals surface area contributed by atoms with Gasteiger partial charge in [0.05, 0.1) is 4.90 Å². The molecule has 21 heavy (non-hydrogen) atoms. The molecular formula is C15H17FN2O2S. The molecule has 3 N–H and O–H groups in total. The first-order valence-corrected chi connectivity index (χ1v) is 7.97. The number of anilines is 1. The van der Waals surface area contributed by atoms with Crippen LogP contribution >= 0.6 is 0 Å². The van der Waals surface area contributed by atoms with Crippen molar-refractivity contribution in [3.8, 4) is 0 Å². The third kappa shape index (κ3) is 3.80. The molecule has 0 fully saturated rings. The summed E-state index contributed by atoms with van der Waals surface area (Å²) in [5.74, 6) is -0.287. The van der Waals surface area contributed by atoms with E-state index in [1.807, 2.05) is 6.92 Å². The van der Waals surface area contributed by atoms with Gasteiger partial charge in [-0.2, -0.15) is 0 Å². The lowest BCUT2D eigenvalue weighted by molar-refractivity contribution is 0.597. The Morgan fingerprint density at radius 1 is 1.19 bits per heavy atom. The molecule has 6 heteroatoms. The molecule has 0 saturated carbocycles. The zero-order valence-corrected chi connectivity index (χ0v) is 12.6. The van der Waals surface area contributed by atoms with Crippen molar-refractivity contribution in [2.24, 2.45) is 5.14 Å². The lowest BCUT2D eigenvalue weighted by atomic mass is 10.1.